The minimum absolute atomic E-state index is 0.0188. The first-order valence-electron chi connectivity index (χ1n) is 9.57. The van der Waals surface area contributed by atoms with Gasteiger partial charge >= 0.3 is 5.97 Å². The third kappa shape index (κ3) is 4.74. The van der Waals surface area contributed by atoms with Gasteiger partial charge in [-0.2, -0.15) is 4.99 Å². The summed E-state index contributed by atoms with van der Waals surface area (Å²) in [6, 6.07) is 13.4. The molecule has 3 rings (SSSR count). The largest absolute Gasteiger partial charge is 0.465 e. The third-order valence-corrected chi connectivity index (χ3v) is 5.62. The molecule has 152 valence electrons. The Labute approximate surface area is 174 Å². The number of aromatic nitrogens is 1. The van der Waals surface area contributed by atoms with Crippen molar-refractivity contribution in [2.24, 2.45) is 4.99 Å². The molecule has 0 aliphatic heterocycles. The first-order valence-corrected chi connectivity index (χ1v) is 10.4. The molecule has 0 aliphatic carbocycles. The number of esters is 1. The van der Waals surface area contributed by atoms with Crippen LogP contribution in [0.2, 0.25) is 0 Å². The maximum absolute atomic E-state index is 12.8. The number of ether oxygens (including phenoxy) is 1. The van der Waals surface area contributed by atoms with E-state index in [1.807, 2.05) is 43.3 Å². The van der Waals surface area contributed by atoms with Crippen LogP contribution in [-0.4, -0.2) is 37.1 Å². The van der Waals surface area contributed by atoms with Gasteiger partial charge < -0.3 is 14.2 Å². The van der Waals surface area contributed by atoms with Crippen LogP contribution >= 0.6 is 11.3 Å². The summed E-state index contributed by atoms with van der Waals surface area (Å²) >= 11 is 1.40. The zero-order valence-electron chi connectivity index (χ0n) is 17.1. The second-order valence-corrected chi connectivity index (χ2v) is 7.80. The van der Waals surface area contributed by atoms with Crippen LogP contribution in [0.3, 0.4) is 0 Å². The van der Waals surface area contributed by atoms with E-state index >= 15 is 0 Å². The smallest absolute Gasteiger partial charge is 0.326 e. The van der Waals surface area contributed by atoms with Crippen molar-refractivity contribution < 1.29 is 14.3 Å². The van der Waals surface area contributed by atoms with Gasteiger partial charge in [0.1, 0.15) is 6.54 Å². The van der Waals surface area contributed by atoms with Gasteiger partial charge in [0.15, 0.2) is 4.80 Å². The number of hydrogen-bond donors (Lipinski definition) is 0. The molecule has 7 heteroatoms. The molecule has 3 aromatic rings. The molecule has 0 N–H and O–H groups in total. The predicted octanol–water partition coefficient (Wildman–Crippen LogP) is 3.64. The maximum atomic E-state index is 12.8. The Morgan fingerprint density at radius 3 is 2.45 bits per heavy atom. The normalized spacial score (nSPS) is 11.7. The summed E-state index contributed by atoms with van der Waals surface area (Å²) in [5.41, 5.74) is 3.58. The van der Waals surface area contributed by atoms with Crippen LogP contribution in [0.1, 0.15) is 29.8 Å². The first-order chi connectivity index (χ1) is 13.9. The quantitative estimate of drug-likeness (QED) is 0.581. The Kier molecular flexibility index (Phi) is 6.49. The number of aryl methyl sites for hydroxylation is 1. The van der Waals surface area contributed by atoms with E-state index in [9.17, 15) is 9.59 Å². The molecule has 0 fully saturated rings. The molecule has 0 atom stereocenters. The summed E-state index contributed by atoms with van der Waals surface area (Å²) in [5.74, 6) is -0.689. The second-order valence-electron chi connectivity index (χ2n) is 6.79. The fourth-order valence-corrected chi connectivity index (χ4v) is 4.06. The van der Waals surface area contributed by atoms with Crippen molar-refractivity contribution in [1.29, 1.82) is 0 Å². The van der Waals surface area contributed by atoms with E-state index in [0.717, 1.165) is 22.3 Å². The number of benzene rings is 2. The minimum atomic E-state index is -0.351. The van der Waals surface area contributed by atoms with Gasteiger partial charge in [-0.1, -0.05) is 24.3 Å². The molecular formula is C22H25N3O3S. The number of thiazole rings is 1. The van der Waals surface area contributed by atoms with Gasteiger partial charge in [-0.05, 0) is 55.3 Å². The van der Waals surface area contributed by atoms with Crippen molar-refractivity contribution in [3.05, 3.63) is 58.4 Å². The van der Waals surface area contributed by atoms with Crippen LogP contribution in [-0.2, 0) is 22.5 Å². The molecule has 1 heterocycles. The van der Waals surface area contributed by atoms with Crippen molar-refractivity contribution >= 4 is 39.1 Å². The van der Waals surface area contributed by atoms with E-state index in [-0.39, 0.29) is 18.4 Å². The molecule has 0 aliphatic rings. The van der Waals surface area contributed by atoms with Gasteiger partial charge in [0, 0.05) is 25.3 Å². The number of carbonyl (C=O) groups is 2. The second kappa shape index (κ2) is 9.05. The Hall–Kier alpha value is -2.93. The number of anilines is 1. The van der Waals surface area contributed by atoms with Gasteiger partial charge in [-0.15, -0.1) is 0 Å². The van der Waals surface area contributed by atoms with E-state index in [1.54, 1.807) is 23.6 Å². The topological polar surface area (TPSA) is 63.9 Å². The molecule has 0 bridgehead atoms. The number of nitrogens with zero attached hydrogens (tertiary/aromatic N) is 3. The number of fused-ring (bicyclic) bond motifs is 1. The van der Waals surface area contributed by atoms with E-state index in [2.05, 4.69) is 18.0 Å². The third-order valence-electron chi connectivity index (χ3n) is 4.58. The standard InChI is InChI=1S/C22H25N3O3S/c1-5-15-7-12-18-19(13-15)29-22(25(18)14-20(26)28-6-2)23-21(27)16-8-10-17(11-9-16)24(3)4/h7-13H,5-6,14H2,1-4H3. The van der Waals surface area contributed by atoms with Gasteiger partial charge in [-0.3, -0.25) is 9.59 Å². The van der Waals surface area contributed by atoms with E-state index < -0.39 is 0 Å². The molecule has 0 radical (unpaired) electrons. The van der Waals surface area contributed by atoms with Crippen molar-refractivity contribution in [3.63, 3.8) is 0 Å². The number of carbonyl (C=O) groups excluding carboxylic acids is 2. The average molecular weight is 412 g/mol. The molecule has 6 nitrogen and oxygen atoms in total. The number of hydrogen-bond acceptors (Lipinski definition) is 5. The van der Waals surface area contributed by atoms with Crippen LogP contribution in [0.25, 0.3) is 10.2 Å². The molecule has 2 aromatic carbocycles. The SMILES string of the molecule is CCOC(=O)Cn1c(=NC(=O)c2ccc(N(C)C)cc2)sc2cc(CC)ccc21. The van der Waals surface area contributed by atoms with Gasteiger partial charge in [0.25, 0.3) is 5.91 Å². The Morgan fingerprint density at radius 1 is 1.10 bits per heavy atom. The highest BCUT2D eigenvalue weighted by molar-refractivity contribution is 7.16. The summed E-state index contributed by atoms with van der Waals surface area (Å²) in [5, 5.41) is 0. The summed E-state index contributed by atoms with van der Waals surface area (Å²) in [4.78, 5) is 31.7. The van der Waals surface area contributed by atoms with Crippen molar-refractivity contribution in [1.82, 2.24) is 4.57 Å². The summed E-state index contributed by atoms with van der Waals surface area (Å²) in [6.45, 7) is 4.19. The fourth-order valence-electron chi connectivity index (χ4n) is 2.96. The minimum Gasteiger partial charge on any atom is -0.465 e. The zero-order chi connectivity index (χ0) is 21.0. The highest BCUT2D eigenvalue weighted by atomic mass is 32.1. The summed E-state index contributed by atoms with van der Waals surface area (Å²) in [6.07, 6.45) is 0.912. The lowest BCUT2D eigenvalue weighted by molar-refractivity contribution is -0.143. The van der Waals surface area contributed by atoms with Crippen LogP contribution in [0.5, 0.6) is 0 Å². The first kappa shape index (κ1) is 20.8. The lowest BCUT2D eigenvalue weighted by Gasteiger charge is -2.11. The van der Waals surface area contributed by atoms with Crippen molar-refractivity contribution in [2.75, 3.05) is 25.6 Å². The van der Waals surface area contributed by atoms with E-state index in [4.69, 9.17) is 4.74 Å². The molecule has 0 unspecified atom stereocenters. The lowest BCUT2D eigenvalue weighted by atomic mass is 10.2. The fraction of sp³-hybridized carbons (Fsp3) is 0.318. The van der Waals surface area contributed by atoms with E-state index in [0.29, 0.717) is 17.0 Å². The van der Waals surface area contributed by atoms with E-state index in [1.165, 1.54) is 16.9 Å². The lowest BCUT2D eigenvalue weighted by Crippen LogP contribution is -2.23. The van der Waals surface area contributed by atoms with Crippen LogP contribution < -0.4 is 9.70 Å². The molecular weight excluding hydrogens is 386 g/mol. The number of amides is 1. The maximum Gasteiger partial charge on any atom is 0.326 e. The zero-order valence-corrected chi connectivity index (χ0v) is 18.0. The van der Waals surface area contributed by atoms with Crippen LogP contribution in [0.4, 0.5) is 5.69 Å². The highest BCUT2D eigenvalue weighted by Crippen LogP contribution is 2.20. The summed E-state index contributed by atoms with van der Waals surface area (Å²) < 4.78 is 7.85. The van der Waals surface area contributed by atoms with Crippen molar-refractivity contribution in [3.8, 4) is 0 Å². The monoisotopic (exact) mass is 411 g/mol. The molecule has 1 amide bonds. The Bertz CT molecular complexity index is 1090. The highest BCUT2D eigenvalue weighted by Gasteiger charge is 2.13. The Morgan fingerprint density at radius 2 is 1.83 bits per heavy atom. The predicted molar refractivity (Wildman–Crippen MR) is 116 cm³/mol. The summed E-state index contributed by atoms with van der Waals surface area (Å²) in [7, 11) is 3.89. The molecule has 0 saturated heterocycles. The van der Waals surface area contributed by atoms with Crippen LogP contribution in [0, 0.1) is 0 Å². The number of rotatable bonds is 6. The molecule has 1 aromatic heterocycles. The van der Waals surface area contributed by atoms with Crippen LogP contribution in [0.15, 0.2) is 47.5 Å². The molecule has 0 saturated carbocycles. The molecule has 0 spiro atoms. The molecule has 29 heavy (non-hydrogen) atoms. The van der Waals surface area contributed by atoms with Crippen molar-refractivity contribution in [2.45, 2.75) is 26.8 Å². The van der Waals surface area contributed by atoms with Gasteiger partial charge in [-0.25, -0.2) is 0 Å². The van der Waals surface area contributed by atoms with Gasteiger partial charge in [0.2, 0.25) is 0 Å². The average Bonchev–Trinajstić information content (AvgIpc) is 3.04. The van der Waals surface area contributed by atoms with Gasteiger partial charge in [0.05, 0.1) is 16.8 Å². The Balaban J connectivity index is 2.05.